The van der Waals surface area contributed by atoms with E-state index >= 15 is 0 Å². The summed E-state index contributed by atoms with van der Waals surface area (Å²) < 4.78 is 51.9. The maximum absolute atomic E-state index is 13.6. The Morgan fingerprint density at radius 3 is 2.59 bits per heavy atom. The number of rotatable bonds is 3. The van der Waals surface area contributed by atoms with E-state index in [0.717, 1.165) is 6.07 Å². The smallest absolute Gasteiger partial charge is 0.433 e. The van der Waals surface area contributed by atoms with E-state index in [1.54, 1.807) is 6.92 Å². The summed E-state index contributed by atoms with van der Waals surface area (Å²) in [6, 6.07) is 5.24. The standard InChI is InChI=1S/C16H8Br2F3N5O3/c1-6-4-11(25-29-6)23-15(27)13-12(18)14-22-7(8-2-3-10(17)28-8)5-9(16(19,20)21)26(14)24-13/h2-5H,1H3,(H,23,25,27). The van der Waals surface area contributed by atoms with Crippen LogP contribution in [0.5, 0.6) is 0 Å². The van der Waals surface area contributed by atoms with Gasteiger partial charge in [0.1, 0.15) is 11.5 Å². The number of alkyl halides is 3. The van der Waals surface area contributed by atoms with Crippen LogP contribution in [0.1, 0.15) is 21.9 Å². The fraction of sp³-hybridized carbons (Fsp3) is 0.125. The molecule has 4 aromatic rings. The van der Waals surface area contributed by atoms with Crippen molar-refractivity contribution >= 4 is 49.2 Å². The molecule has 8 nitrogen and oxygen atoms in total. The van der Waals surface area contributed by atoms with E-state index in [2.05, 4.69) is 52.4 Å². The molecular formula is C16H8Br2F3N5O3. The van der Waals surface area contributed by atoms with Gasteiger partial charge in [0.05, 0.1) is 4.47 Å². The van der Waals surface area contributed by atoms with Crippen LogP contribution in [0.15, 0.2) is 42.3 Å². The molecule has 0 aliphatic heterocycles. The molecule has 0 saturated carbocycles. The van der Waals surface area contributed by atoms with Gasteiger partial charge in [0.15, 0.2) is 33.3 Å². The summed E-state index contributed by atoms with van der Waals surface area (Å²) in [7, 11) is 0. The Morgan fingerprint density at radius 1 is 1.24 bits per heavy atom. The number of carbonyl (C=O) groups excluding carboxylic acids is 1. The third-order valence-electron chi connectivity index (χ3n) is 3.73. The van der Waals surface area contributed by atoms with E-state index in [0.29, 0.717) is 14.9 Å². The maximum atomic E-state index is 13.6. The topological polar surface area (TPSA) is 98.5 Å². The highest BCUT2D eigenvalue weighted by molar-refractivity contribution is 9.10. The Bertz CT molecular complexity index is 1240. The molecule has 1 amide bonds. The van der Waals surface area contributed by atoms with Crippen LogP contribution in [0.4, 0.5) is 19.0 Å². The van der Waals surface area contributed by atoms with Crippen LogP contribution in [-0.2, 0) is 6.18 Å². The van der Waals surface area contributed by atoms with Crippen LogP contribution in [0.25, 0.3) is 17.1 Å². The van der Waals surface area contributed by atoms with Crippen LogP contribution < -0.4 is 5.32 Å². The third-order valence-corrected chi connectivity index (χ3v) is 4.89. The first-order chi connectivity index (χ1) is 13.6. The van der Waals surface area contributed by atoms with Crippen molar-refractivity contribution in [2.45, 2.75) is 13.1 Å². The molecule has 1 N–H and O–H groups in total. The maximum Gasteiger partial charge on any atom is 0.433 e. The summed E-state index contributed by atoms with van der Waals surface area (Å²) in [6.45, 7) is 1.62. The van der Waals surface area contributed by atoms with E-state index in [1.807, 2.05) is 0 Å². The minimum absolute atomic E-state index is 0.0202. The molecule has 0 atom stereocenters. The Kier molecular flexibility index (Phi) is 4.73. The Hall–Kier alpha value is -2.67. The molecule has 0 fully saturated rings. The molecule has 0 aliphatic carbocycles. The number of furan rings is 1. The lowest BCUT2D eigenvalue weighted by Gasteiger charge is -2.10. The lowest BCUT2D eigenvalue weighted by molar-refractivity contribution is -0.142. The van der Waals surface area contributed by atoms with Crippen LogP contribution >= 0.6 is 31.9 Å². The average molecular weight is 535 g/mol. The Morgan fingerprint density at radius 2 is 2.00 bits per heavy atom. The molecule has 0 saturated heterocycles. The molecule has 4 aromatic heterocycles. The zero-order chi connectivity index (χ0) is 20.9. The zero-order valence-corrected chi connectivity index (χ0v) is 17.4. The van der Waals surface area contributed by atoms with Gasteiger partial charge in [-0.1, -0.05) is 5.16 Å². The molecule has 0 aliphatic rings. The lowest BCUT2D eigenvalue weighted by atomic mass is 10.2. The van der Waals surface area contributed by atoms with Crippen molar-refractivity contribution in [3.8, 4) is 11.5 Å². The van der Waals surface area contributed by atoms with Crippen LogP contribution in [0.2, 0.25) is 0 Å². The largest absolute Gasteiger partial charge is 0.448 e. The predicted molar refractivity (Wildman–Crippen MR) is 100 cm³/mol. The van der Waals surface area contributed by atoms with Gasteiger partial charge in [-0.25, -0.2) is 9.50 Å². The minimum atomic E-state index is -4.76. The van der Waals surface area contributed by atoms with Crippen LogP contribution in [-0.4, -0.2) is 25.7 Å². The lowest BCUT2D eigenvalue weighted by Crippen LogP contribution is -2.16. The van der Waals surface area contributed by atoms with Gasteiger partial charge in [0, 0.05) is 6.07 Å². The van der Waals surface area contributed by atoms with Crippen LogP contribution in [0.3, 0.4) is 0 Å². The normalized spacial score (nSPS) is 11.9. The van der Waals surface area contributed by atoms with Gasteiger partial charge in [0.2, 0.25) is 0 Å². The first-order valence-corrected chi connectivity index (χ1v) is 9.39. The van der Waals surface area contributed by atoms with Crippen molar-refractivity contribution in [2.24, 2.45) is 0 Å². The highest BCUT2D eigenvalue weighted by Gasteiger charge is 2.37. The number of fused-ring (bicyclic) bond motifs is 1. The minimum Gasteiger partial charge on any atom is -0.448 e. The zero-order valence-electron chi connectivity index (χ0n) is 14.2. The number of hydrogen-bond acceptors (Lipinski definition) is 6. The quantitative estimate of drug-likeness (QED) is 0.393. The first kappa shape index (κ1) is 19.6. The van der Waals surface area contributed by atoms with Gasteiger partial charge in [-0.05, 0) is 57.0 Å². The second-order valence-electron chi connectivity index (χ2n) is 5.80. The predicted octanol–water partition coefficient (Wildman–Crippen LogP) is 5.08. The number of aromatic nitrogens is 4. The Labute approximate surface area is 176 Å². The van der Waals surface area contributed by atoms with Gasteiger partial charge in [0.25, 0.3) is 5.91 Å². The van der Waals surface area contributed by atoms with Gasteiger partial charge in [-0.2, -0.15) is 18.3 Å². The molecule has 13 heteroatoms. The van der Waals surface area contributed by atoms with E-state index in [-0.39, 0.29) is 33.1 Å². The molecule has 4 rings (SSSR count). The summed E-state index contributed by atoms with van der Waals surface area (Å²) >= 11 is 6.22. The number of nitrogens with zero attached hydrogens (tertiary/aromatic N) is 4. The fourth-order valence-electron chi connectivity index (χ4n) is 2.52. The molecule has 0 spiro atoms. The van der Waals surface area contributed by atoms with Crippen molar-refractivity contribution in [1.82, 2.24) is 19.8 Å². The summed E-state index contributed by atoms with van der Waals surface area (Å²) in [4.78, 5) is 16.7. The number of carbonyl (C=O) groups is 1. The fourth-order valence-corrected chi connectivity index (χ4v) is 3.34. The van der Waals surface area contributed by atoms with Crippen molar-refractivity contribution in [1.29, 1.82) is 0 Å². The van der Waals surface area contributed by atoms with E-state index in [4.69, 9.17) is 8.94 Å². The number of anilines is 1. The summed E-state index contributed by atoms with van der Waals surface area (Å²) in [5, 5.41) is 9.81. The molecule has 0 radical (unpaired) electrons. The summed E-state index contributed by atoms with van der Waals surface area (Å²) in [5.41, 5.74) is -1.71. The molecule has 29 heavy (non-hydrogen) atoms. The number of aryl methyl sites for hydroxylation is 1. The van der Waals surface area contributed by atoms with Crippen LogP contribution in [0, 0.1) is 6.92 Å². The monoisotopic (exact) mass is 533 g/mol. The van der Waals surface area contributed by atoms with Crippen molar-refractivity contribution < 1.29 is 26.9 Å². The second-order valence-corrected chi connectivity index (χ2v) is 7.38. The molecule has 0 aromatic carbocycles. The van der Waals surface area contributed by atoms with Gasteiger partial charge in [-0.15, -0.1) is 0 Å². The summed E-state index contributed by atoms with van der Waals surface area (Å²) in [6.07, 6.45) is -4.76. The van der Waals surface area contributed by atoms with Gasteiger partial charge in [-0.3, -0.25) is 4.79 Å². The highest BCUT2D eigenvalue weighted by Crippen LogP contribution is 2.35. The molecule has 4 heterocycles. The molecule has 0 bridgehead atoms. The summed E-state index contributed by atoms with van der Waals surface area (Å²) in [5.74, 6) is -0.126. The van der Waals surface area contributed by atoms with Gasteiger partial charge < -0.3 is 14.3 Å². The number of amides is 1. The average Bonchev–Trinajstić information content (AvgIpc) is 3.33. The van der Waals surface area contributed by atoms with E-state index in [1.165, 1.54) is 18.2 Å². The third kappa shape index (κ3) is 3.67. The highest BCUT2D eigenvalue weighted by atomic mass is 79.9. The number of hydrogen-bond donors (Lipinski definition) is 1. The number of nitrogens with one attached hydrogen (secondary N) is 1. The molecule has 0 unspecified atom stereocenters. The van der Waals surface area contributed by atoms with Gasteiger partial charge >= 0.3 is 6.18 Å². The van der Waals surface area contributed by atoms with Crippen molar-refractivity contribution in [3.05, 3.63) is 50.6 Å². The number of halogens is 5. The van der Waals surface area contributed by atoms with Crippen molar-refractivity contribution in [3.63, 3.8) is 0 Å². The SMILES string of the molecule is Cc1cc(NC(=O)c2nn3c(C(F)(F)F)cc(-c4ccc(Br)o4)nc3c2Br)no1. The first-order valence-electron chi connectivity index (χ1n) is 7.80. The molecular weight excluding hydrogens is 527 g/mol. The van der Waals surface area contributed by atoms with E-state index in [9.17, 15) is 18.0 Å². The Balaban J connectivity index is 1.86. The molecule has 150 valence electrons. The van der Waals surface area contributed by atoms with Crippen molar-refractivity contribution in [2.75, 3.05) is 5.32 Å². The van der Waals surface area contributed by atoms with E-state index < -0.39 is 17.8 Å². The second kappa shape index (κ2) is 6.99.